The zero-order valence-electron chi connectivity index (χ0n) is 22.6. The predicted octanol–water partition coefficient (Wildman–Crippen LogP) is 3.30. The SMILES string of the molecule is C=C1CCC(C(C)CO)C2C1C1CC(C)(O)C(O)CCC(C)(OC(=O)C(CC)OC(=O)CCC)C2O1. The fourth-order valence-electron chi connectivity index (χ4n) is 6.61. The van der Waals surface area contributed by atoms with E-state index in [0.717, 1.165) is 18.4 Å². The fourth-order valence-corrected chi connectivity index (χ4v) is 6.61. The first-order valence-corrected chi connectivity index (χ1v) is 13.6. The number of hydrogen-bond acceptors (Lipinski definition) is 8. The average molecular weight is 511 g/mol. The summed E-state index contributed by atoms with van der Waals surface area (Å²) in [5, 5.41) is 32.0. The standard InChI is InChI=1S/C28H46O8/c1-7-9-22(31)34-19(8-2)26(32)36-28(6)13-12-21(30)27(5,33)14-20-23-16(3)10-11-18(17(4)15-29)24(23)25(28)35-20/h17-21,23-25,29-30,33H,3,7-15H2,1-2,4-6H3. The molecular weight excluding hydrogens is 464 g/mol. The second-order valence-electron chi connectivity index (χ2n) is 11.7. The van der Waals surface area contributed by atoms with Crippen LogP contribution in [0.4, 0.5) is 0 Å². The van der Waals surface area contributed by atoms with Crippen LogP contribution in [0, 0.1) is 23.7 Å². The van der Waals surface area contributed by atoms with Gasteiger partial charge in [-0.2, -0.15) is 0 Å². The molecule has 0 radical (unpaired) electrons. The van der Waals surface area contributed by atoms with Crippen LogP contribution in [0.5, 0.6) is 0 Å². The lowest BCUT2D eigenvalue weighted by Gasteiger charge is -2.46. The van der Waals surface area contributed by atoms with Crippen molar-refractivity contribution in [3.8, 4) is 0 Å². The normalized spacial score (nSPS) is 40.3. The number of carbonyl (C=O) groups excluding carboxylic acids is 2. The summed E-state index contributed by atoms with van der Waals surface area (Å²) in [4.78, 5) is 25.4. The van der Waals surface area contributed by atoms with Gasteiger partial charge in [-0.25, -0.2) is 4.79 Å². The molecule has 10 atom stereocenters. The molecule has 206 valence electrons. The van der Waals surface area contributed by atoms with Crippen molar-refractivity contribution in [2.24, 2.45) is 23.7 Å². The van der Waals surface area contributed by atoms with E-state index in [1.165, 1.54) is 0 Å². The largest absolute Gasteiger partial charge is 0.454 e. The minimum absolute atomic E-state index is 0.0165. The molecule has 1 aliphatic carbocycles. The van der Waals surface area contributed by atoms with E-state index in [4.69, 9.17) is 14.2 Å². The van der Waals surface area contributed by atoms with Crippen LogP contribution in [0.15, 0.2) is 12.2 Å². The summed E-state index contributed by atoms with van der Waals surface area (Å²) in [5.41, 5.74) is -1.48. The molecule has 2 bridgehead atoms. The van der Waals surface area contributed by atoms with Gasteiger partial charge in [-0.3, -0.25) is 4.79 Å². The van der Waals surface area contributed by atoms with E-state index in [9.17, 15) is 24.9 Å². The molecule has 10 unspecified atom stereocenters. The Morgan fingerprint density at radius 3 is 2.56 bits per heavy atom. The van der Waals surface area contributed by atoms with Crippen molar-refractivity contribution in [1.82, 2.24) is 0 Å². The molecule has 36 heavy (non-hydrogen) atoms. The summed E-state index contributed by atoms with van der Waals surface area (Å²) < 4.78 is 18.2. The molecule has 2 aliphatic heterocycles. The number of hydrogen-bond donors (Lipinski definition) is 3. The molecular formula is C28H46O8. The third-order valence-corrected chi connectivity index (χ3v) is 8.81. The van der Waals surface area contributed by atoms with E-state index >= 15 is 0 Å². The Morgan fingerprint density at radius 2 is 1.94 bits per heavy atom. The van der Waals surface area contributed by atoms with Gasteiger partial charge in [0.2, 0.25) is 0 Å². The van der Waals surface area contributed by atoms with Crippen LogP contribution < -0.4 is 0 Å². The molecule has 2 saturated heterocycles. The first-order valence-electron chi connectivity index (χ1n) is 13.6. The third kappa shape index (κ3) is 5.82. The number of carbonyl (C=O) groups is 2. The second-order valence-corrected chi connectivity index (χ2v) is 11.7. The Balaban J connectivity index is 1.99. The lowest BCUT2D eigenvalue weighted by Crippen LogP contribution is -2.53. The molecule has 3 N–H and O–H groups in total. The van der Waals surface area contributed by atoms with Gasteiger partial charge < -0.3 is 29.5 Å². The number of aliphatic hydroxyl groups excluding tert-OH is 2. The minimum atomic E-state index is -1.38. The van der Waals surface area contributed by atoms with Gasteiger partial charge in [0.25, 0.3) is 0 Å². The summed E-state index contributed by atoms with van der Waals surface area (Å²) in [6.45, 7) is 13.5. The number of aliphatic hydroxyl groups is 3. The number of rotatable bonds is 8. The Labute approximate surface area is 215 Å². The van der Waals surface area contributed by atoms with E-state index in [2.05, 4.69) is 6.58 Å². The van der Waals surface area contributed by atoms with E-state index in [1.54, 1.807) is 13.8 Å². The Morgan fingerprint density at radius 1 is 1.25 bits per heavy atom. The van der Waals surface area contributed by atoms with Gasteiger partial charge in [0.1, 0.15) is 11.7 Å². The molecule has 2 heterocycles. The first-order chi connectivity index (χ1) is 16.9. The zero-order chi connectivity index (χ0) is 26.8. The predicted molar refractivity (Wildman–Crippen MR) is 134 cm³/mol. The topological polar surface area (TPSA) is 123 Å². The molecule has 1 saturated carbocycles. The highest BCUT2D eigenvalue weighted by molar-refractivity contribution is 5.79. The highest BCUT2D eigenvalue weighted by Gasteiger charge is 2.60. The van der Waals surface area contributed by atoms with Crippen molar-refractivity contribution in [3.63, 3.8) is 0 Å². The summed E-state index contributed by atoms with van der Waals surface area (Å²) in [7, 11) is 0. The van der Waals surface area contributed by atoms with Crippen LogP contribution in [0.1, 0.15) is 86.0 Å². The van der Waals surface area contributed by atoms with Crippen LogP contribution in [0.3, 0.4) is 0 Å². The molecule has 0 aromatic rings. The molecule has 3 rings (SSSR count). The van der Waals surface area contributed by atoms with Crippen LogP contribution in [-0.4, -0.2) is 69.5 Å². The maximum atomic E-state index is 13.3. The van der Waals surface area contributed by atoms with Crippen molar-refractivity contribution >= 4 is 11.9 Å². The van der Waals surface area contributed by atoms with Gasteiger partial charge in [0, 0.05) is 31.3 Å². The molecule has 3 fully saturated rings. The second kappa shape index (κ2) is 11.5. The molecule has 3 aliphatic rings. The third-order valence-electron chi connectivity index (χ3n) is 8.81. The molecule has 0 aromatic heterocycles. The Kier molecular flexibility index (Phi) is 9.29. The summed E-state index contributed by atoms with van der Waals surface area (Å²) in [6, 6.07) is 0. The van der Waals surface area contributed by atoms with Crippen molar-refractivity contribution < 1.29 is 39.1 Å². The minimum Gasteiger partial charge on any atom is -0.454 e. The number of esters is 2. The van der Waals surface area contributed by atoms with Gasteiger partial charge in [-0.15, -0.1) is 0 Å². The highest BCUT2D eigenvalue weighted by atomic mass is 16.6. The van der Waals surface area contributed by atoms with Crippen molar-refractivity contribution in [2.45, 2.75) is 122 Å². The lowest BCUT2D eigenvalue weighted by atomic mass is 9.60. The van der Waals surface area contributed by atoms with Crippen molar-refractivity contribution in [3.05, 3.63) is 12.2 Å². The fraction of sp³-hybridized carbons (Fsp3) is 0.857. The average Bonchev–Trinajstić information content (AvgIpc) is 3.21. The van der Waals surface area contributed by atoms with Crippen molar-refractivity contribution in [1.29, 1.82) is 0 Å². The first kappa shape index (κ1) is 29.1. The molecule has 0 amide bonds. The smallest absolute Gasteiger partial charge is 0.348 e. The molecule has 8 heteroatoms. The Hall–Kier alpha value is -1.48. The van der Waals surface area contributed by atoms with Crippen LogP contribution in [0.25, 0.3) is 0 Å². The molecule has 0 spiro atoms. The van der Waals surface area contributed by atoms with Crippen LogP contribution in [-0.2, 0) is 23.8 Å². The maximum absolute atomic E-state index is 13.3. The number of ether oxygens (including phenoxy) is 3. The lowest BCUT2D eigenvalue weighted by molar-refractivity contribution is -0.195. The van der Waals surface area contributed by atoms with Gasteiger partial charge in [0.15, 0.2) is 6.10 Å². The van der Waals surface area contributed by atoms with Crippen molar-refractivity contribution in [2.75, 3.05) is 6.61 Å². The maximum Gasteiger partial charge on any atom is 0.348 e. The molecule has 0 aromatic carbocycles. The highest BCUT2D eigenvalue weighted by Crippen LogP contribution is 2.56. The van der Waals surface area contributed by atoms with Gasteiger partial charge in [-0.1, -0.05) is 32.9 Å². The number of fused-ring (bicyclic) bond motifs is 5. The van der Waals surface area contributed by atoms with Gasteiger partial charge in [-0.05, 0) is 64.2 Å². The quantitative estimate of drug-likeness (QED) is 0.336. The summed E-state index contributed by atoms with van der Waals surface area (Å²) in [6.07, 6.45) is 0.536. The summed E-state index contributed by atoms with van der Waals surface area (Å²) >= 11 is 0. The summed E-state index contributed by atoms with van der Waals surface area (Å²) in [5.74, 6) is -1.08. The monoisotopic (exact) mass is 510 g/mol. The van der Waals surface area contributed by atoms with E-state index in [0.29, 0.717) is 6.42 Å². The Bertz CT molecular complexity index is 809. The van der Waals surface area contributed by atoms with Gasteiger partial charge >= 0.3 is 11.9 Å². The zero-order valence-corrected chi connectivity index (χ0v) is 22.6. The van der Waals surface area contributed by atoms with E-state index < -0.39 is 47.6 Å². The van der Waals surface area contributed by atoms with Crippen LogP contribution in [0.2, 0.25) is 0 Å². The van der Waals surface area contributed by atoms with Gasteiger partial charge in [0.05, 0.1) is 17.8 Å². The molecule has 8 nitrogen and oxygen atoms in total. The van der Waals surface area contributed by atoms with E-state index in [-0.39, 0.29) is 62.4 Å². The van der Waals surface area contributed by atoms with E-state index in [1.807, 2.05) is 20.8 Å². The van der Waals surface area contributed by atoms with Crippen LogP contribution >= 0.6 is 0 Å².